The van der Waals surface area contributed by atoms with Crippen molar-refractivity contribution in [2.75, 3.05) is 23.7 Å². The predicted molar refractivity (Wildman–Crippen MR) is 74.3 cm³/mol. The summed E-state index contributed by atoms with van der Waals surface area (Å²) in [5, 5.41) is 8.57. The molecule has 5 nitrogen and oxygen atoms in total. The van der Waals surface area contributed by atoms with E-state index >= 15 is 0 Å². The molecule has 1 saturated heterocycles. The van der Waals surface area contributed by atoms with Gasteiger partial charge in [-0.05, 0) is 12.5 Å². The Kier molecular flexibility index (Phi) is 4.29. The van der Waals surface area contributed by atoms with Crippen LogP contribution in [0.1, 0.15) is 23.7 Å². The summed E-state index contributed by atoms with van der Waals surface area (Å²) in [6.07, 6.45) is 1.09. The summed E-state index contributed by atoms with van der Waals surface area (Å²) in [5.41, 5.74) is 5.70. The van der Waals surface area contributed by atoms with E-state index in [1.54, 1.807) is 0 Å². The van der Waals surface area contributed by atoms with E-state index in [2.05, 4.69) is 22.0 Å². The van der Waals surface area contributed by atoms with E-state index in [9.17, 15) is 4.79 Å². The number of halogens is 1. The van der Waals surface area contributed by atoms with Crippen LogP contribution in [0.15, 0.2) is 6.07 Å². The van der Waals surface area contributed by atoms with E-state index in [0.29, 0.717) is 16.6 Å². The summed E-state index contributed by atoms with van der Waals surface area (Å²) in [4.78, 5) is 13.5. The quantitative estimate of drug-likeness (QED) is 0.913. The van der Waals surface area contributed by atoms with Crippen LogP contribution in [0.5, 0.6) is 0 Å². The molecule has 0 bridgehead atoms. The highest BCUT2D eigenvalue weighted by atomic mass is 35.5. The van der Waals surface area contributed by atoms with Crippen LogP contribution in [0, 0.1) is 0 Å². The normalized spacial score (nSPS) is 19.9. The molecule has 1 aromatic heterocycles. The van der Waals surface area contributed by atoms with Gasteiger partial charge in [-0.3, -0.25) is 4.79 Å². The standard InChI is InChI=1S/C11H15ClN4OS/c1-2-7-6-16(3-4-18-7)11-8(10(13)17)5-9(12)14-15-11/h5,7H,2-4,6H2,1H3,(H2,13,17). The second-order valence-electron chi connectivity index (χ2n) is 4.12. The molecule has 0 radical (unpaired) electrons. The van der Waals surface area contributed by atoms with Crippen molar-refractivity contribution in [3.05, 3.63) is 16.8 Å². The average Bonchev–Trinajstić information content (AvgIpc) is 2.38. The fraction of sp³-hybridized carbons (Fsp3) is 0.545. The van der Waals surface area contributed by atoms with Gasteiger partial charge in [0.1, 0.15) is 0 Å². The van der Waals surface area contributed by atoms with Gasteiger partial charge in [-0.25, -0.2) is 0 Å². The summed E-state index contributed by atoms with van der Waals surface area (Å²) in [6, 6.07) is 1.48. The van der Waals surface area contributed by atoms with E-state index in [-0.39, 0.29) is 5.15 Å². The molecule has 1 aliphatic heterocycles. The minimum atomic E-state index is -0.520. The zero-order valence-electron chi connectivity index (χ0n) is 10.1. The Balaban J connectivity index is 2.29. The highest BCUT2D eigenvalue weighted by Gasteiger charge is 2.24. The molecular weight excluding hydrogens is 272 g/mol. The third-order valence-electron chi connectivity index (χ3n) is 2.90. The monoisotopic (exact) mass is 286 g/mol. The van der Waals surface area contributed by atoms with E-state index in [1.807, 2.05) is 11.8 Å². The van der Waals surface area contributed by atoms with E-state index in [1.165, 1.54) is 6.07 Å². The number of hydrogen-bond donors (Lipinski definition) is 1. The number of carbonyl (C=O) groups excluding carboxylic acids is 1. The Morgan fingerprint density at radius 2 is 2.44 bits per heavy atom. The van der Waals surface area contributed by atoms with Gasteiger partial charge in [0.05, 0.1) is 5.56 Å². The Hall–Kier alpha value is -1.01. The van der Waals surface area contributed by atoms with Crippen molar-refractivity contribution in [3.8, 4) is 0 Å². The summed E-state index contributed by atoms with van der Waals surface area (Å²) < 4.78 is 0. The molecular formula is C11H15ClN4OS. The number of anilines is 1. The SMILES string of the molecule is CCC1CN(c2nnc(Cl)cc2C(N)=O)CCS1. The van der Waals surface area contributed by atoms with Gasteiger partial charge in [0.25, 0.3) is 5.91 Å². The molecule has 0 saturated carbocycles. The Bertz CT molecular complexity index is 457. The number of thioether (sulfide) groups is 1. The van der Waals surface area contributed by atoms with Crippen molar-refractivity contribution >= 4 is 35.1 Å². The number of aromatic nitrogens is 2. The van der Waals surface area contributed by atoms with Gasteiger partial charge >= 0.3 is 0 Å². The van der Waals surface area contributed by atoms with Crippen LogP contribution < -0.4 is 10.6 Å². The molecule has 0 spiro atoms. The largest absolute Gasteiger partial charge is 0.365 e. The first kappa shape index (κ1) is 13.4. The van der Waals surface area contributed by atoms with Gasteiger partial charge in [0, 0.05) is 24.1 Å². The van der Waals surface area contributed by atoms with E-state index in [0.717, 1.165) is 25.3 Å². The fourth-order valence-electron chi connectivity index (χ4n) is 1.94. The smallest absolute Gasteiger partial charge is 0.252 e. The van der Waals surface area contributed by atoms with Crippen molar-refractivity contribution in [1.29, 1.82) is 0 Å². The van der Waals surface area contributed by atoms with Crippen LogP contribution in [0.2, 0.25) is 5.15 Å². The number of nitrogens with zero attached hydrogens (tertiary/aromatic N) is 3. The number of carbonyl (C=O) groups is 1. The summed E-state index contributed by atoms with van der Waals surface area (Å²) >= 11 is 7.70. The molecule has 2 rings (SSSR count). The summed E-state index contributed by atoms with van der Waals surface area (Å²) in [5.74, 6) is 1.04. The number of rotatable bonds is 3. The second kappa shape index (κ2) is 5.75. The second-order valence-corrected chi connectivity index (χ2v) is 5.91. The minimum absolute atomic E-state index is 0.186. The van der Waals surface area contributed by atoms with Crippen molar-refractivity contribution in [2.24, 2.45) is 5.73 Å². The lowest BCUT2D eigenvalue weighted by molar-refractivity contribution is 0.1000. The molecule has 0 aromatic carbocycles. The number of hydrogen-bond acceptors (Lipinski definition) is 5. The molecule has 7 heteroatoms. The van der Waals surface area contributed by atoms with Crippen LogP contribution in [0.25, 0.3) is 0 Å². The molecule has 1 amide bonds. The average molecular weight is 287 g/mol. The maximum absolute atomic E-state index is 11.4. The van der Waals surface area contributed by atoms with Crippen molar-refractivity contribution in [2.45, 2.75) is 18.6 Å². The maximum Gasteiger partial charge on any atom is 0.252 e. The first-order valence-corrected chi connectivity index (χ1v) is 7.24. The number of nitrogens with two attached hydrogens (primary N) is 1. The van der Waals surface area contributed by atoms with Gasteiger partial charge in [0.2, 0.25) is 0 Å². The van der Waals surface area contributed by atoms with Crippen LogP contribution in [-0.2, 0) is 0 Å². The molecule has 1 aromatic rings. The predicted octanol–water partition coefficient (Wildman–Crippen LogP) is 1.56. The van der Waals surface area contributed by atoms with Gasteiger partial charge < -0.3 is 10.6 Å². The van der Waals surface area contributed by atoms with Gasteiger partial charge in [-0.2, -0.15) is 11.8 Å². The summed E-state index contributed by atoms with van der Waals surface area (Å²) in [6.45, 7) is 3.86. The first-order chi connectivity index (χ1) is 8.61. The third kappa shape index (κ3) is 2.87. The third-order valence-corrected chi connectivity index (χ3v) is 4.46. The molecule has 18 heavy (non-hydrogen) atoms. The fourth-order valence-corrected chi connectivity index (χ4v) is 3.26. The lowest BCUT2D eigenvalue weighted by Gasteiger charge is -2.33. The lowest BCUT2D eigenvalue weighted by atomic mass is 10.2. The zero-order valence-corrected chi connectivity index (χ0v) is 11.7. The molecule has 1 unspecified atom stereocenters. The molecule has 1 aliphatic rings. The highest BCUT2D eigenvalue weighted by molar-refractivity contribution is 8.00. The molecule has 1 fully saturated rings. The summed E-state index contributed by atoms with van der Waals surface area (Å²) in [7, 11) is 0. The van der Waals surface area contributed by atoms with Crippen molar-refractivity contribution in [3.63, 3.8) is 0 Å². The van der Waals surface area contributed by atoms with Gasteiger partial charge in [0.15, 0.2) is 11.0 Å². The Labute approximate surface area is 115 Å². The zero-order chi connectivity index (χ0) is 13.1. The number of amides is 1. The molecule has 2 heterocycles. The number of primary amides is 1. The molecule has 2 N–H and O–H groups in total. The highest BCUT2D eigenvalue weighted by Crippen LogP contribution is 2.27. The van der Waals surface area contributed by atoms with E-state index in [4.69, 9.17) is 17.3 Å². The molecule has 0 aliphatic carbocycles. The van der Waals surface area contributed by atoms with Crippen LogP contribution >= 0.6 is 23.4 Å². The van der Waals surface area contributed by atoms with Crippen LogP contribution in [-0.4, -0.2) is 40.2 Å². The minimum Gasteiger partial charge on any atom is -0.365 e. The van der Waals surface area contributed by atoms with Gasteiger partial charge in [-0.1, -0.05) is 18.5 Å². The maximum atomic E-state index is 11.4. The molecule has 1 atom stereocenters. The van der Waals surface area contributed by atoms with Crippen molar-refractivity contribution < 1.29 is 4.79 Å². The lowest BCUT2D eigenvalue weighted by Crippen LogP contribution is -2.39. The van der Waals surface area contributed by atoms with E-state index < -0.39 is 5.91 Å². The van der Waals surface area contributed by atoms with Crippen molar-refractivity contribution in [1.82, 2.24) is 10.2 Å². The van der Waals surface area contributed by atoms with Gasteiger partial charge in [-0.15, -0.1) is 10.2 Å². The Morgan fingerprint density at radius 1 is 1.67 bits per heavy atom. The topological polar surface area (TPSA) is 72.1 Å². The van der Waals surface area contributed by atoms with Crippen LogP contribution in [0.3, 0.4) is 0 Å². The molecule has 98 valence electrons. The first-order valence-electron chi connectivity index (χ1n) is 5.81. The van der Waals surface area contributed by atoms with Crippen LogP contribution in [0.4, 0.5) is 5.82 Å². The Morgan fingerprint density at radius 3 is 3.11 bits per heavy atom.